The Morgan fingerprint density at radius 2 is 1.05 bits per heavy atom. The Labute approximate surface area is 573 Å². The first-order valence-electron chi connectivity index (χ1n) is 30.8. The van der Waals surface area contributed by atoms with Crippen molar-refractivity contribution in [3.05, 3.63) is 165 Å². The molecule has 4 aliphatic rings. The molecule has 2 saturated carbocycles. The van der Waals surface area contributed by atoms with Crippen molar-refractivity contribution in [3.63, 3.8) is 0 Å². The summed E-state index contributed by atoms with van der Waals surface area (Å²) in [5.74, 6) is -4.61. The second-order valence-electron chi connectivity index (χ2n) is 27.3. The van der Waals surface area contributed by atoms with Gasteiger partial charge in [-0.3, -0.25) is 29.0 Å². The first-order valence-corrected chi connectivity index (χ1v) is 33.2. The van der Waals surface area contributed by atoms with Crippen molar-refractivity contribution in [2.45, 2.75) is 141 Å². The number of halogens is 12. The number of amides is 2. The molecule has 4 aromatic carbocycles. The lowest BCUT2D eigenvalue weighted by Gasteiger charge is -2.34. The molecule has 1 saturated heterocycles. The first-order chi connectivity index (χ1) is 45.9. The average Bonchev–Trinajstić information content (AvgIpc) is 1.57. The number of nitrogens with zero attached hydrogens (tertiary/aromatic N) is 9. The van der Waals surface area contributed by atoms with E-state index in [1.54, 1.807) is 0 Å². The Bertz CT molecular complexity index is 4220. The molecule has 0 radical (unpaired) electrons. The quantitative estimate of drug-likeness (QED) is 0.0540. The standard InChI is InChI=1S/C34H33ClF5N5O3S.C33H32ClF5N6O3S/c1-19-43-33(17-31(2,3)4,26-14-21-7-5-6-8-25(21)49-26)30(47)44(19)24(16-48-27(46)15-32(11-12-32)34(38,39)40)20-9-10-22(35)23(13-20)45-29(28(36)37)41-18-42-45;1-30(2,3)16-32(24-13-19-6-4-5-7-23(19)49-24)28(47)44(29(40)43-32)22(15-48-25(46)14-31(10-11-31)33(37,38)39)18-8-9-20(34)21(12-18)45-27(26(35)36)41-17-42-45/h5-10,13-14,18,24,28,43H,1,11-12,15-17H2,2-4H3;4-9,12-13,17,22,26H,10-11,14-16H2,1-3H3,(H2,40,43)/t24-,33-;22-,32-/m11/s1. The Balaban J connectivity index is 0.000000198. The molecular weight excluding hydrogens is 1380 g/mol. The van der Waals surface area contributed by atoms with Crippen LogP contribution in [0.2, 0.25) is 10.0 Å². The fraction of sp³-hybridized carbons (Fsp3) is 0.418. The lowest BCUT2D eigenvalue weighted by Crippen LogP contribution is -2.47. The number of nitrogens with one attached hydrogen (secondary N) is 1. The number of alkyl halides is 10. The van der Waals surface area contributed by atoms with E-state index in [1.807, 2.05) is 102 Å². The molecule has 0 spiro atoms. The van der Waals surface area contributed by atoms with Crippen LogP contribution in [-0.2, 0) is 39.7 Å². The number of ether oxygens (including phenoxy) is 2. The predicted octanol–water partition coefficient (Wildman–Crippen LogP) is 16.5. The number of carbonyl (C=O) groups excluding carboxylic acids is 4. The number of hydrogen-bond donors (Lipinski definition) is 2. The summed E-state index contributed by atoms with van der Waals surface area (Å²) in [6.07, 6.45) is -15.3. The van der Waals surface area contributed by atoms with Crippen LogP contribution in [0.25, 0.3) is 31.5 Å². The van der Waals surface area contributed by atoms with Gasteiger partial charge < -0.3 is 20.5 Å². The van der Waals surface area contributed by atoms with Crippen LogP contribution >= 0.6 is 45.9 Å². The normalized spacial score (nSPS) is 19.8. The van der Waals surface area contributed by atoms with E-state index in [2.05, 4.69) is 32.1 Å². The SMILES string of the molecule is C=C1N[C@](CC(C)(C)C)(c2cc3ccccc3s2)C(=O)N1[C@H](COC(=O)CC1(C(F)(F)F)CC1)c1ccc(Cl)c(-n2ncnc2C(F)F)c1.CC(C)(C)C[C@]1(c2cc3ccccc3s2)N=C(N)N([C@H](COC(=O)CC2(C(F)(F)F)CC2)c2ccc(Cl)c(-n3ncnc3C(F)F)c2)C1=O. The third-order valence-electron chi connectivity index (χ3n) is 17.6. The maximum Gasteiger partial charge on any atom is 0.395 e. The van der Waals surface area contributed by atoms with Crippen molar-refractivity contribution in [1.29, 1.82) is 0 Å². The highest BCUT2D eigenvalue weighted by Gasteiger charge is 2.65. The number of nitrogens with two attached hydrogens (primary N) is 1. The van der Waals surface area contributed by atoms with Gasteiger partial charge in [0.2, 0.25) is 0 Å². The van der Waals surface area contributed by atoms with Gasteiger partial charge in [0.15, 0.2) is 28.7 Å². The largest absolute Gasteiger partial charge is 0.463 e. The van der Waals surface area contributed by atoms with E-state index < -0.39 is 126 Å². The zero-order chi connectivity index (χ0) is 71.0. The van der Waals surface area contributed by atoms with Gasteiger partial charge in [-0.1, -0.05) is 120 Å². The molecule has 0 bridgehead atoms. The maximum atomic E-state index is 14.9. The van der Waals surface area contributed by atoms with Crippen LogP contribution in [0, 0.1) is 21.7 Å². The molecule has 520 valence electrons. The third kappa shape index (κ3) is 14.0. The molecule has 3 fully saturated rings. The summed E-state index contributed by atoms with van der Waals surface area (Å²) >= 11 is 15.7. The molecule has 3 N–H and O–H groups in total. The van der Waals surface area contributed by atoms with E-state index in [9.17, 15) is 63.1 Å². The second kappa shape index (κ2) is 26.2. The molecule has 4 aromatic heterocycles. The van der Waals surface area contributed by atoms with Crippen LogP contribution in [0.15, 0.2) is 127 Å². The number of thiophene rings is 2. The molecule has 98 heavy (non-hydrogen) atoms. The molecule has 2 amide bonds. The average molecular weight is 1450 g/mol. The van der Waals surface area contributed by atoms with E-state index in [0.717, 1.165) is 52.0 Å². The van der Waals surface area contributed by atoms with Crippen LogP contribution in [0.3, 0.4) is 0 Å². The monoisotopic (exact) mass is 1440 g/mol. The van der Waals surface area contributed by atoms with Gasteiger partial charge in [-0.25, -0.2) is 41.9 Å². The summed E-state index contributed by atoms with van der Waals surface area (Å²) in [5.41, 5.74) is -0.896. The van der Waals surface area contributed by atoms with E-state index in [-0.39, 0.29) is 81.8 Å². The topological polar surface area (TPSA) is 205 Å². The van der Waals surface area contributed by atoms with Crippen LogP contribution in [0.5, 0.6) is 0 Å². The smallest absolute Gasteiger partial charge is 0.395 e. The van der Waals surface area contributed by atoms with Gasteiger partial charge in [0.1, 0.15) is 31.7 Å². The second-order valence-corrected chi connectivity index (χ2v) is 30.3. The Kier molecular flexibility index (Phi) is 19.0. The lowest BCUT2D eigenvalue weighted by atomic mass is 9.78. The maximum absolute atomic E-state index is 14.9. The minimum Gasteiger partial charge on any atom is -0.463 e. The minimum absolute atomic E-state index is 0.00739. The number of aromatic nitrogens is 6. The lowest BCUT2D eigenvalue weighted by molar-refractivity contribution is -0.195. The number of fused-ring (bicyclic) bond motifs is 2. The zero-order valence-electron chi connectivity index (χ0n) is 53.4. The van der Waals surface area contributed by atoms with Gasteiger partial charge in [0.05, 0.1) is 57.2 Å². The fourth-order valence-electron chi connectivity index (χ4n) is 12.6. The number of hydrogen-bond acceptors (Lipinski definition) is 15. The van der Waals surface area contributed by atoms with E-state index >= 15 is 0 Å². The summed E-state index contributed by atoms with van der Waals surface area (Å²) < 4.78 is 152. The van der Waals surface area contributed by atoms with Crippen molar-refractivity contribution in [3.8, 4) is 11.4 Å². The molecule has 0 unspecified atom stereocenters. The number of rotatable bonds is 20. The van der Waals surface area contributed by atoms with E-state index in [1.165, 1.54) is 64.0 Å². The highest BCUT2D eigenvalue weighted by Crippen LogP contribution is 2.61. The number of benzene rings is 4. The molecular formula is C67H65Cl2F10N11O6S2. The molecule has 17 nitrogen and oxygen atoms in total. The summed E-state index contributed by atoms with van der Waals surface area (Å²) in [4.78, 5) is 71.4. The molecule has 31 heteroatoms. The Morgan fingerprint density at radius 1 is 0.622 bits per heavy atom. The van der Waals surface area contributed by atoms with Crippen molar-refractivity contribution in [1.82, 2.24) is 44.6 Å². The van der Waals surface area contributed by atoms with Gasteiger partial charge in [-0.15, -0.1) is 22.7 Å². The predicted molar refractivity (Wildman–Crippen MR) is 347 cm³/mol. The van der Waals surface area contributed by atoms with E-state index in [4.69, 9.17) is 43.4 Å². The summed E-state index contributed by atoms with van der Waals surface area (Å²) in [7, 11) is 0. The highest BCUT2D eigenvalue weighted by molar-refractivity contribution is 7.19. The van der Waals surface area contributed by atoms with Crippen molar-refractivity contribution in [2.24, 2.45) is 32.4 Å². The van der Waals surface area contributed by atoms with Gasteiger partial charge >= 0.3 is 24.3 Å². The fourth-order valence-corrected chi connectivity index (χ4v) is 15.4. The summed E-state index contributed by atoms with van der Waals surface area (Å²) in [5, 5.41) is 13.0. The molecule has 8 aromatic rings. The van der Waals surface area contributed by atoms with Crippen LogP contribution in [0.4, 0.5) is 43.9 Å². The third-order valence-corrected chi connectivity index (χ3v) is 20.8. The van der Waals surface area contributed by atoms with E-state index in [0.29, 0.717) is 11.3 Å². The first kappa shape index (κ1) is 71.1. The molecule has 4 atom stereocenters. The Morgan fingerprint density at radius 3 is 1.47 bits per heavy atom. The van der Waals surface area contributed by atoms with Crippen molar-refractivity contribution >= 4 is 95.8 Å². The highest BCUT2D eigenvalue weighted by atomic mass is 35.5. The minimum atomic E-state index is -4.59. The van der Waals surface area contributed by atoms with Crippen molar-refractivity contribution < 1.29 is 72.6 Å². The Hall–Kier alpha value is -8.15. The van der Waals surface area contributed by atoms with Gasteiger partial charge in [0.25, 0.3) is 24.7 Å². The summed E-state index contributed by atoms with van der Waals surface area (Å²) in [6.45, 7) is 14.8. The summed E-state index contributed by atoms with van der Waals surface area (Å²) in [6, 6.07) is 25.2. The van der Waals surface area contributed by atoms with Gasteiger partial charge in [-0.2, -0.15) is 36.5 Å². The molecule has 6 heterocycles. The van der Waals surface area contributed by atoms with Crippen LogP contribution in [0.1, 0.15) is 150 Å². The number of esters is 2. The molecule has 2 aliphatic carbocycles. The molecule has 2 aliphatic heterocycles. The van der Waals surface area contributed by atoms with Gasteiger partial charge in [0, 0.05) is 19.2 Å². The van der Waals surface area contributed by atoms with Crippen LogP contribution < -0.4 is 11.1 Å². The van der Waals surface area contributed by atoms with Crippen molar-refractivity contribution in [2.75, 3.05) is 13.2 Å². The van der Waals surface area contributed by atoms with Gasteiger partial charge in [-0.05, 0) is 120 Å². The zero-order valence-corrected chi connectivity index (χ0v) is 56.5. The number of aliphatic imine (C=N–C) groups is 1. The number of carbonyl (C=O) groups is 4. The molecule has 12 rings (SSSR count). The number of guanidine groups is 1. The van der Waals surface area contributed by atoms with Crippen LogP contribution in [-0.4, -0.2) is 94.6 Å².